The van der Waals surface area contributed by atoms with Crippen LogP contribution in [-0.4, -0.2) is 65.8 Å². The zero-order chi connectivity index (χ0) is 31.8. The third-order valence-electron chi connectivity index (χ3n) is 7.35. The molecule has 4 aromatic rings. The second-order valence-electron chi connectivity index (χ2n) is 10.7. The van der Waals surface area contributed by atoms with Gasteiger partial charge in [0.15, 0.2) is 5.16 Å². The van der Waals surface area contributed by atoms with Crippen molar-refractivity contribution < 1.29 is 23.5 Å². The topological polar surface area (TPSA) is 96.9 Å². The normalized spacial score (nSPS) is 13.6. The number of carbonyl (C=O) groups is 2. The van der Waals surface area contributed by atoms with Crippen LogP contribution in [0.1, 0.15) is 28.6 Å². The molecule has 5 rings (SSSR count). The Morgan fingerprint density at radius 1 is 1.00 bits per heavy atom. The molecular formula is C34H36FN5O4S. The van der Waals surface area contributed by atoms with E-state index in [1.807, 2.05) is 56.3 Å². The monoisotopic (exact) mass is 629 g/mol. The lowest BCUT2D eigenvalue weighted by molar-refractivity contribution is -0.137. The molecule has 9 nitrogen and oxygen atoms in total. The highest BCUT2D eigenvalue weighted by atomic mass is 32.2. The third-order valence-corrected chi connectivity index (χ3v) is 8.19. The Bertz CT molecular complexity index is 1590. The lowest BCUT2D eigenvalue weighted by atomic mass is 10.0. The van der Waals surface area contributed by atoms with E-state index in [0.717, 1.165) is 35.7 Å². The van der Waals surface area contributed by atoms with Gasteiger partial charge in [-0.3, -0.25) is 9.59 Å². The van der Waals surface area contributed by atoms with Crippen molar-refractivity contribution in [1.29, 1.82) is 0 Å². The highest BCUT2D eigenvalue weighted by Crippen LogP contribution is 2.29. The van der Waals surface area contributed by atoms with Crippen LogP contribution in [0, 0.1) is 19.7 Å². The number of carbonyl (C=O) groups excluding carboxylic acids is 2. The minimum atomic E-state index is -1.13. The number of halogens is 1. The van der Waals surface area contributed by atoms with Crippen molar-refractivity contribution in [2.75, 3.05) is 49.4 Å². The summed E-state index contributed by atoms with van der Waals surface area (Å²) in [7, 11) is 1.58. The Morgan fingerprint density at radius 2 is 1.69 bits per heavy atom. The summed E-state index contributed by atoms with van der Waals surface area (Å²) in [6, 6.07) is 21.3. The minimum Gasteiger partial charge on any atom is -0.497 e. The van der Waals surface area contributed by atoms with Crippen molar-refractivity contribution in [3.8, 4) is 5.75 Å². The van der Waals surface area contributed by atoms with Gasteiger partial charge in [-0.25, -0.2) is 14.4 Å². The van der Waals surface area contributed by atoms with Gasteiger partial charge in [0.2, 0.25) is 5.91 Å². The standard InChI is InChI=1S/C34H36FN5O4S/c1-23-19-24(2)37-34(36-23)45-22-31(41)40(21-25-7-13-30(43-3)14-8-25)32(26-5-4-6-27(35)20-26)33(42)38-28-9-11-29(12-10-28)39-15-17-44-18-16-39/h4-14,19-20,32H,15-18,21-22H2,1-3H3,(H,38,42). The number of hydrogen-bond acceptors (Lipinski definition) is 8. The molecule has 45 heavy (non-hydrogen) atoms. The van der Waals surface area contributed by atoms with Gasteiger partial charge in [0, 0.05) is 42.4 Å². The number of benzene rings is 3. The van der Waals surface area contributed by atoms with Crippen molar-refractivity contribution in [3.63, 3.8) is 0 Å². The molecule has 1 unspecified atom stereocenters. The van der Waals surface area contributed by atoms with Crippen LogP contribution in [0.15, 0.2) is 84.0 Å². The second-order valence-corrected chi connectivity index (χ2v) is 11.6. The van der Waals surface area contributed by atoms with Crippen LogP contribution in [0.4, 0.5) is 15.8 Å². The molecule has 1 aromatic heterocycles. The number of amides is 2. The van der Waals surface area contributed by atoms with Gasteiger partial charge in [0.25, 0.3) is 5.91 Å². The molecule has 1 aliphatic rings. The maximum absolute atomic E-state index is 14.6. The molecule has 2 heterocycles. The quantitative estimate of drug-likeness (QED) is 0.170. The predicted molar refractivity (Wildman–Crippen MR) is 173 cm³/mol. The van der Waals surface area contributed by atoms with Crippen LogP contribution in [0.5, 0.6) is 5.75 Å². The third kappa shape index (κ3) is 8.58. The lowest BCUT2D eigenvalue weighted by Gasteiger charge is -2.32. The number of aryl methyl sites for hydroxylation is 2. The van der Waals surface area contributed by atoms with Crippen molar-refractivity contribution in [3.05, 3.63) is 107 Å². The average Bonchev–Trinajstić information content (AvgIpc) is 3.04. The number of nitrogens with one attached hydrogen (secondary N) is 1. The first-order chi connectivity index (χ1) is 21.8. The van der Waals surface area contributed by atoms with Crippen LogP contribution < -0.4 is 15.0 Å². The van der Waals surface area contributed by atoms with Gasteiger partial charge in [-0.2, -0.15) is 0 Å². The van der Waals surface area contributed by atoms with Gasteiger partial charge in [-0.05, 0) is 79.6 Å². The van der Waals surface area contributed by atoms with E-state index in [1.54, 1.807) is 25.3 Å². The van der Waals surface area contributed by atoms with E-state index in [2.05, 4.69) is 20.2 Å². The zero-order valence-corrected chi connectivity index (χ0v) is 26.4. The fourth-order valence-corrected chi connectivity index (χ4v) is 5.99. The van der Waals surface area contributed by atoms with Crippen LogP contribution in [0.2, 0.25) is 0 Å². The Morgan fingerprint density at radius 3 is 2.33 bits per heavy atom. The van der Waals surface area contributed by atoms with Crippen LogP contribution >= 0.6 is 11.8 Å². The summed E-state index contributed by atoms with van der Waals surface area (Å²) >= 11 is 1.20. The largest absolute Gasteiger partial charge is 0.497 e. The van der Waals surface area contributed by atoms with E-state index < -0.39 is 17.8 Å². The molecule has 3 aromatic carbocycles. The first kappa shape index (κ1) is 31.9. The summed E-state index contributed by atoms with van der Waals surface area (Å²) in [5.41, 5.74) is 4.31. The fraction of sp³-hybridized carbons (Fsp3) is 0.294. The zero-order valence-electron chi connectivity index (χ0n) is 25.5. The number of hydrogen-bond donors (Lipinski definition) is 1. The molecule has 0 aliphatic carbocycles. The van der Waals surface area contributed by atoms with E-state index in [4.69, 9.17) is 9.47 Å². The molecular weight excluding hydrogens is 593 g/mol. The van der Waals surface area contributed by atoms with Crippen molar-refractivity contribution >= 4 is 35.0 Å². The maximum atomic E-state index is 14.6. The number of anilines is 2. The van der Waals surface area contributed by atoms with E-state index in [1.165, 1.54) is 34.9 Å². The number of rotatable bonds is 11. The molecule has 1 N–H and O–H groups in total. The molecule has 11 heteroatoms. The molecule has 1 fully saturated rings. The minimum absolute atomic E-state index is 0.0214. The van der Waals surface area contributed by atoms with E-state index in [0.29, 0.717) is 35.4 Å². The summed E-state index contributed by atoms with van der Waals surface area (Å²) in [6.07, 6.45) is 0. The first-order valence-electron chi connectivity index (χ1n) is 14.7. The summed E-state index contributed by atoms with van der Waals surface area (Å²) in [4.78, 5) is 40.7. The number of thioether (sulfide) groups is 1. The number of ether oxygens (including phenoxy) is 2. The molecule has 1 atom stereocenters. The van der Waals surface area contributed by atoms with Crippen LogP contribution in [0.3, 0.4) is 0 Å². The van der Waals surface area contributed by atoms with E-state index in [-0.39, 0.29) is 18.2 Å². The van der Waals surface area contributed by atoms with Crippen LogP contribution in [0.25, 0.3) is 0 Å². The molecule has 0 spiro atoms. The maximum Gasteiger partial charge on any atom is 0.251 e. The number of nitrogens with zero attached hydrogens (tertiary/aromatic N) is 4. The van der Waals surface area contributed by atoms with E-state index >= 15 is 0 Å². The highest BCUT2D eigenvalue weighted by molar-refractivity contribution is 7.99. The molecule has 0 radical (unpaired) electrons. The van der Waals surface area contributed by atoms with Gasteiger partial charge in [-0.1, -0.05) is 36.0 Å². The average molecular weight is 630 g/mol. The van der Waals surface area contributed by atoms with Gasteiger partial charge < -0.3 is 24.6 Å². The van der Waals surface area contributed by atoms with Crippen molar-refractivity contribution in [2.24, 2.45) is 0 Å². The highest BCUT2D eigenvalue weighted by Gasteiger charge is 2.32. The van der Waals surface area contributed by atoms with Crippen molar-refractivity contribution in [1.82, 2.24) is 14.9 Å². The number of aromatic nitrogens is 2. The second kappa shape index (κ2) is 15.0. The molecule has 1 aliphatic heterocycles. The number of methoxy groups -OCH3 is 1. The summed E-state index contributed by atoms with van der Waals surface area (Å²) in [6.45, 7) is 6.76. The summed E-state index contributed by atoms with van der Waals surface area (Å²) in [5, 5.41) is 3.44. The van der Waals surface area contributed by atoms with E-state index in [9.17, 15) is 14.0 Å². The predicted octanol–water partition coefficient (Wildman–Crippen LogP) is 5.58. The molecule has 2 amide bonds. The van der Waals surface area contributed by atoms with Gasteiger partial charge in [0.1, 0.15) is 17.6 Å². The Balaban J connectivity index is 1.45. The Labute approximate surface area is 266 Å². The SMILES string of the molecule is COc1ccc(CN(C(=O)CSc2nc(C)cc(C)n2)C(C(=O)Nc2ccc(N3CCOCC3)cc2)c2cccc(F)c2)cc1. The Hall–Kier alpha value is -4.48. The van der Waals surface area contributed by atoms with Crippen LogP contribution in [-0.2, 0) is 20.9 Å². The van der Waals surface area contributed by atoms with Crippen molar-refractivity contribution in [2.45, 2.75) is 31.6 Å². The number of morpholine rings is 1. The van der Waals surface area contributed by atoms with Gasteiger partial charge >= 0.3 is 0 Å². The Kier molecular flexibility index (Phi) is 10.6. The fourth-order valence-electron chi connectivity index (χ4n) is 5.16. The van der Waals surface area contributed by atoms with Gasteiger partial charge in [0.05, 0.1) is 26.1 Å². The van der Waals surface area contributed by atoms with Gasteiger partial charge in [-0.15, -0.1) is 0 Å². The lowest BCUT2D eigenvalue weighted by Crippen LogP contribution is -2.42. The summed E-state index contributed by atoms with van der Waals surface area (Å²) < 4.78 is 25.3. The first-order valence-corrected chi connectivity index (χ1v) is 15.6. The smallest absolute Gasteiger partial charge is 0.251 e. The molecule has 234 valence electrons. The molecule has 1 saturated heterocycles. The molecule has 0 bridgehead atoms. The molecule has 0 saturated carbocycles. The summed E-state index contributed by atoms with van der Waals surface area (Å²) in [5.74, 6) is -0.652.